The number of nitro groups is 3. The minimum absolute atomic E-state index is 0.136. The third-order valence-electron chi connectivity index (χ3n) is 5.25. The number of non-ortho nitro benzene ring substituents is 2. The van der Waals surface area contributed by atoms with E-state index in [0.717, 1.165) is 0 Å². The number of hydrogen-bond acceptors (Lipinski definition) is 8. The van der Waals surface area contributed by atoms with Crippen molar-refractivity contribution >= 4 is 17.1 Å². The first-order valence-corrected chi connectivity index (χ1v) is 9.50. The molecule has 1 aliphatic heterocycles. The Morgan fingerprint density at radius 3 is 1.66 bits per heavy atom. The summed E-state index contributed by atoms with van der Waals surface area (Å²) in [5.41, 5.74) is 1.15. The van der Waals surface area contributed by atoms with Gasteiger partial charge in [0, 0.05) is 29.2 Å². The Hall–Kier alpha value is -4.38. The zero-order valence-electron chi connectivity index (χ0n) is 16.4. The van der Waals surface area contributed by atoms with Crippen molar-refractivity contribution in [3.05, 3.63) is 120 Å². The molecule has 11 heteroatoms. The molecule has 1 fully saturated rings. The van der Waals surface area contributed by atoms with E-state index in [9.17, 15) is 30.3 Å². The van der Waals surface area contributed by atoms with Crippen LogP contribution in [-0.4, -0.2) is 20.8 Å². The number of hydroxylamine groups is 1. The molecule has 0 bridgehead atoms. The highest BCUT2D eigenvalue weighted by Gasteiger charge is 2.53. The molecule has 4 rings (SSSR count). The van der Waals surface area contributed by atoms with Crippen LogP contribution in [0.5, 0.6) is 0 Å². The van der Waals surface area contributed by atoms with Crippen molar-refractivity contribution in [2.75, 3.05) is 5.06 Å². The monoisotopic (exact) mass is 436 g/mol. The number of anilines is 1. The Labute approximate surface area is 180 Å². The number of hydrogen-bond donors (Lipinski definition) is 0. The van der Waals surface area contributed by atoms with Gasteiger partial charge in [0.1, 0.15) is 0 Å². The maximum atomic E-state index is 12.2. The maximum Gasteiger partial charge on any atom is 0.272 e. The topological polar surface area (TPSA) is 142 Å². The third-order valence-corrected chi connectivity index (χ3v) is 5.25. The van der Waals surface area contributed by atoms with Gasteiger partial charge in [-0.2, -0.15) is 0 Å². The molecule has 0 N–H and O–H groups in total. The molecule has 32 heavy (non-hydrogen) atoms. The molecule has 1 aliphatic rings. The number of nitro benzene ring substituents is 2. The summed E-state index contributed by atoms with van der Waals surface area (Å²) in [6, 6.07) is 17.5. The lowest BCUT2D eigenvalue weighted by atomic mass is 9.92. The molecule has 11 nitrogen and oxygen atoms in total. The van der Waals surface area contributed by atoms with Gasteiger partial charge in [-0.05, 0) is 47.5 Å². The van der Waals surface area contributed by atoms with E-state index in [0.29, 0.717) is 16.8 Å². The molecule has 3 aromatic rings. The van der Waals surface area contributed by atoms with Crippen molar-refractivity contribution in [3.8, 4) is 0 Å². The van der Waals surface area contributed by atoms with Crippen molar-refractivity contribution in [1.82, 2.24) is 0 Å². The van der Waals surface area contributed by atoms with Gasteiger partial charge in [0.2, 0.25) is 0 Å². The van der Waals surface area contributed by atoms with E-state index in [1.54, 1.807) is 30.3 Å². The Kier molecular flexibility index (Phi) is 5.48. The molecule has 0 spiro atoms. The summed E-state index contributed by atoms with van der Waals surface area (Å²) in [6.07, 6.45) is -1.04. The predicted molar refractivity (Wildman–Crippen MR) is 112 cm³/mol. The van der Waals surface area contributed by atoms with Gasteiger partial charge >= 0.3 is 0 Å². The smallest absolute Gasteiger partial charge is 0.264 e. The van der Waals surface area contributed by atoms with Crippen LogP contribution >= 0.6 is 0 Å². The molecule has 1 heterocycles. The lowest BCUT2D eigenvalue weighted by Gasteiger charge is -2.24. The van der Waals surface area contributed by atoms with E-state index in [1.165, 1.54) is 53.6 Å². The molecule has 0 radical (unpaired) electrons. The minimum atomic E-state index is -1.28. The zero-order chi connectivity index (χ0) is 22.8. The van der Waals surface area contributed by atoms with Crippen molar-refractivity contribution in [2.45, 2.75) is 18.2 Å². The molecular weight excluding hydrogens is 420 g/mol. The maximum absolute atomic E-state index is 12.2. The van der Waals surface area contributed by atoms with Gasteiger partial charge in [0.05, 0.1) is 15.5 Å². The summed E-state index contributed by atoms with van der Waals surface area (Å²) in [6.45, 7) is 0. The highest BCUT2D eigenvalue weighted by molar-refractivity contribution is 5.49. The lowest BCUT2D eigenvalue weighted by molar-refractivity contribution is -0.531. The summed E-state index contributed by atoms with van der Waals surface area (Å²) < 4.78 is 0. The number of para-hydroxylation sites is 1. The third kappa shape index (κ3) is 3.84. The summed E-state index contributed by atoms with van der Waals surface area (Å²) in [4.78, 5) is 38.6. The normalized spacial score (nSPS) is 20.1. The quantitative estimate of drug-likeness (QED) is 0.409. The summed E-state index contributed by atoms with van der Waals surface area (Å²) in [7, 11) is 0. The predicted octanol–water partition coefficient (Wildman–Crippen LogP) is 4.38. The second-order valence-corrected chi connectivity index (χ2v) is 7.11. The van der Waals surface area contributed by atoms with E-state index in [2.05, 4.69) is 0 Å². The van der Waals surface area contributed by atoms with Gasteiger partial charge in [-0.1, -0.05) is 18.2 Å². The number of nitrogens with zero attached hydrogens (tertiary/aromatic N) is 4. The summed E-state index contributed by atoms with van der Waals surface area (Å²) in [5, 5.41) is 35.6. The fourth-order valence-electron chi connectivity index (χ4n) is 3.75. The zero-order valence-corrected chi connectivity index (χ0v) is 16.4. The second kappa shape index (κ2) is 8.40. The van der Waals surface area contributed by atoms with Gasteiger partial charge in [0.15, 0.2) is 12.1 Å². The Morgan fingerprint density at radius 2 is 1.19 bits per heavy atom. The molecule has 0 aromatic heterocycles. The highest BCUT2D eigenvalue weighted by atomic mass is 16.7. The fourth-order valence-corrected chi connectivity index (χ4v) is 3.75. The lowest BCUT2D eigenvalue weighted by Crippen LogP contribution is -2.32. The average Bonchev–Trinajstić information content (AvgIpc) is 3.21. The van der Waals surface area contributed by atoms with Crippen molar-refractivity contribution in [1.29, 1.82) is 0 Å². The van der Waals surface area contributed by atoms with Gasteiger partial charge in [-0.3, -0.25) is 35.2 Å². The molecule has 162 valence electrons. The second-order valence-electron chi connectivity index (χ2n) is 7.11. The first kappa shape index (κ1) is 20.9. The van der Waals surface area contributed by atoms with Crippen LogP contribution in [-0.2, 0) is 4.84 Å². The fraction of sp³-hybridized carbons (Fsp3) is 0.143. The summed E-state index contributed by atoms with van der Waals surface area (Å²) in [5.74, 6) is 0. The Balaban J connectivity index is 1.80. The van der Waals surface area contributed by atoms with Gasteiger partial charge < -0.3 is 0 Å². The molecule has 3 aromatic carbocycles. The van der Waals surface area contributed by atoms with Gasteiger partial charge in [-0.15, -0.1) is 0 Å². The first-order valence-electron chi connectivity index (χ1n) is 9.50. The van der Waals surface area contributed by atoms with Crippen molar-refractivity contribution in [3.63, 3.8) is 0 Å². The number of rotatable bonds is 6. The van der Waals surface area contributed by atoms with Crippen LogP contribution < -0.4 is 5.06 Å². The number of benzene rings is 3. The van der Waals surface area contributed by atoms with Crippen LogP contribution in [0.15, 0.2) is 78.9 Å². The van der Waals surface area contributed by atoms with Crippen LogP contribution in [0.4, 0.5) is 17.1 Å². The highest BCUT2D eigenvalue weighted by Crippen LogP contribution is 2.46. The SMILES string of the molecule is O=[N+]([O-])c1ccc([C@H]2ON(c3ccccc3)[C@@H](c3ccc([N+](=O)[O-])cc3)[C@@H]2[N+](=O)[O-])cc1. The Morgan fingerprint density at radius 1 is 0.688 bits per heavy atom. The standard InChI is InChI=1S/C21H16N4O7/c26-23(27)17-10-6-14(7-11-17)19-20(25(30)31)21(15-8-12-18(13-9-15)24(28)29)32-22(19)16-4-2-1-3-5-16/h1-13,19-21H/t19-,20-,21+/m0/s1. The Bertz CT molecular complexity index is 1150. The van der Waals surface area contributed by atoms with Crippen LogP contribution in [0.1, 0.15) is 23.3 Å². The van der Waals surface area contributed by atoms with E-state index in [1.807, 2.05) is 0 Å². The van der Waals surface area contributed by atoms with Gasteiger partial charge in [-0.25, -0.2) is 5.06 Å². The molecule has 3 atom stereocenters. The van der Waals surface area contributed by atoms with Crippen LogP contribution in [0.3, 0.4) is 0 Å². The first-order chi connectivity index (χ1) is 15.4. The van der Waals surface area contributed by atoms with Crippen molar-refractivity contribution in [2.24, 2.45) is 0 Å². The van der Waals surface area contributed by atoms with Crippen LogP contribution in [0.25, 0.3) is 0 Å². The molecule has 1 saturated heterocycles. The molecule has 0 unspecified atom stereocenters. The van der Waals surface area contributed by atoms with Crippen LogP contribution in [0, 0.1) is 30.3 Å². The van der Waals surface area contributed by atoms with E-state index < -0.39 is 33.0 Å². The molecule has 0 saturated carbocycles. The van der Waals surface area contributed by atoms with Gasteiger partial charge in [0.25, 0.3) is 17.4 Å². The molecular formula is C21H16N4O7. The molecule has 0 amide bonds. The average molecular weight is 436 g/mol. The van der Waals surface area contributed by atoms with Crippen LogP contribution in [0.2, 0.25) is 0 Å². The largest absolute Gasteiger partial charge is 0.272 e. The van der Waals surface area contributed by atoms with E-state index >= 15 is 0 Å². The molecule has 0 aliphatic carbocycles. The minimum Gasteiger partial charge on any atom is -0.264 e. The summed E-state index contributed by atoms with van der Waals surface area (Å²) >= 11 is 0. The van der Waals surface area contributed by atoms with E-state index in [-0.39, 0.29) is 11.4 Å². The van der Waals surface area contributed by atoms with E-state index in [4.69, 9.17) is 4.84 Å². The van der Waals surface area contributed by atoms with Crippen molar-refractivity contribution < 1.29 is 19.6 Å².